The van der Waals surface area contributed by atoms with Crippen LogP contribution in [-0.2, 0) is 11.3 Å². The molecule has 0 bridgehead atoms. The van der Waals surface area contributed by atoms with E-state index in [1.165, 1.54) is 5.38 Å². The Labute approximate surface area is 159 Å². The zero-order valence-corrected chi connectivity index (χ0v) is 15.7. The second-order valence-electron chi connectivity index (χ2n) is 5.32. The summed E-state index contributed by atoms with van der Waals surface area (Å²) in [7, 11) is 0. The third kappa shape index (κ3) is 5.85. The summed E-state index contributed by atoms with van der Waals surface area (Å²) in [5.74, 6) is -1.02. The van der Waals surface area contributed by atoms with E-state index in [9.17, 15) is 14.4 Å². The quantitative estimate of drug-likeness (QED) is 0.601. The van der Waals surface area contributed by atoms with Crippen LogP contribution in [-0.4, -0.2) is 45.9 Å². The molecule has 1 aromatic carbocycles. The highest BCUT2D eigenvalue weighted by atomic mass is 32.2. The number of amides is 2. The first-order valence-electron chi connectivity index (χ1n) is 7.81. The van der Waals surface area contributed by atoms with Gasteiger partial charge in [0.25, 0.3) is 5.91 Å². The van der Waals surface area contributed by atoms with Crippen LogP contribution in [0, 0.1) is 0 Å². The molecule has 0 saturated heterocycles. The van der Waals surface area contributed by atoms with Crippen molar-refractivity contribution >= 4 is 40.9 Å². The lowest BCUT2D eigenvalue weighted by atomic mass is 10.1. The first kappa shape index (κ1) is 19.9. The second kappa shape index (κ2) is 9.93. The lowest BCUT2D eigenvalue weighted by molar-refractivity contribution is -0.123. The number of rotatable bonds is 9. The number of aromatic carboxylic acids is 1. The Morgan fingerprint density at radius 2 is 2.00 bits per heavy atom. The molecule has 138 valence electrons. The third-order valence-electron chi connectivity index (χ3n) is 3.45. The number of benzene rings is 1. The third-order valence-corrected chi connectivity index (χ3v) is 4.95. The minimum absolute atomic E-state index is 0.0458. The predicted octanol–water partition coefficient (Wildman–Crippen LogP) is 2.01. The molecule has 0 radical (unpaired) electrons. The number of carbonyl (C=O) groups excluding carboxylic acids is 2. The Morgan fingerprint density at radius 1 is 1.27 bits per heavy atom. The normalized spacial score (nSPS) is 11.6. The summed E-state index contributed by atoms with van der Waals surface area (Å²) in [6.07, 6.45) is 2.42. The predicted molar refractivity (Wildman–Crippen MR) is 102 cm³/mol. The summed E-state index contributed by atoms with van der Waals surface area (Å²) in [6.45, 7) is 0.119. The van der Waals surface area contributed by atoms with E-state index in [1.807, 2.05) is 12.3 Å². The number of aromatic nitrogens is 1. The van der Waals surface area contributed by atoms with Crippen molar-refractivity contribution in [1.82, 2.24) is 15.6 Å². The van der Waals surface area contributed by atoms with Gasteiger partial charge in [0.1, 0.15) is 11.0 Å². The van der Waals surface area contributed by atoms with Crippen molar-refractivity contribution in [3.8, 4) is 0 Å². The smallest absolute Gasteiger partial charge is 0.355 e. The molecule has 3 N–H and O–H groups in total. The molecule has 0 saturated carbocycles. The molecule has 26 heavy (non-hydrogen) atoms. The average molecular weight is 393 g/mol. The maximum atomic E-state index is 12.5. The summed E-state index contributed by atoms with van der Waals surface area (Å²) in [5, 5.41) is 16.3. The Bertz CT molecular complexity index is 764. The van der Waals surface area contributed by atoms with Gasteiger partial charge in [0.05, 0.1) is 6.54 Å². The van der Waals surface area contributed by atoms with E-state index >= 15 is 0 Å². The fraction of sp³-hybridized carbons (Fsp3) is 0.294. The van der Waals surface area contributed by atoms with E-state index in [4.69, 9.17) is 5.11 Å². The van der Waals surface area contributed by atoms with E-state index in [-0.39, 0.29) is 24.1 Å². The van der Waals surface area contributed by atoms with Crippen molar-refractivity contribution in [2.24, 2.45) is 0 Å². The van der Waals surface area contributed by atoms with Crippen LogP contribution in [0.5, 0.6) is 0 Å². The lowest BCUT2D eigenvalue weighted by Crippen LogP contribution is -2.46. The van der Waals surface area contributed by atoms with Crippen LogP contribution in [0.1, 0.15) is 32.3 Å². The highest BCUT2D eigenvalue weighted by Crippen LogP contribution is 2.10. The highest BCUT2D eigenvalue weighted by molar-refractivity contribution is 7.98. The van der Waals surface area contributed by atoms with Gasteiger partial charge in [-0.2, -0.15) is 11.8 Å². The SMILES string of the molecule is CSCCC(NC(=O)c1ccccc1)C(=O)NCc1nc(C(=O)O)cs1. The van der Waals surface area contributed by atoms with E-state index in [1.54, 1.807) is 36.0 Å². The molecule has 1 heterocycles. The Balaban J connectivity index is 1.96. The molecular formula is C17H19N3O4S2. The fourth-order valence-electron chi connectivity index (χ4n) is 2.11. The van der Waals surface area contributed by atoms with Gasteiger partial charge in [0.2, 0.25) is 5.91 Å². The van der Waals surface area contributed by atoms with Gasteiger partial charge < -0.3 is 15.7 Å². The minimum Gasteiger partial charge on any atom is -0.476 e. The van der Waals surface area contributed by atoms with Gasteiger partial charge in [-0.25, -0.2) is 9.78 Å². The molecule has 9 heteroatoms. The number of thiazole rings is 1. The van der Waals surface area contributed by atoms with E-state index in [0.29, 0.717) is 22.7 Å². The van der Waals surface area contributed by atoms with E-state index in [2.05, 4.69) is 15.6 Å². The van der Waals surface area contributed by atoms with Crippen molar-refractivity contribution in [2.75, 3.05) is 12.0 Å². The van der Waals surface area contributed by atoms with Gasteiger partial charge in [-0.1, -0.05) is 18.2 Å². The van der Waals surface area contributed by atoms with Crippen LogP contribution in [0.3, 0.4) is 0 Å². The number of carboxylic acid groups (broad SMARTS) is 1. The van der Waals surface area contributed by atoms with Gasteiger partial charge in [0.15, 0.2) is 5.69 Å². The minimum atomic E-state index is -1.10. The summed E-state index contributed by atoms with van der Waals surface area (Å²) in [4.78, 5) is 39.5. The molecule has 7 nitrogen and oxygen atoms in total. The highest BCUT2D eigenvalue weighted by Gasteiger charge is 2.21. The molecule has 0 aliphatic carbocycles. The van der Waals surface area contributed by atoms with E-state index < -0.39 is 12.0 Å². The Morgan fingerprint density at radius 3 is 2.62 bits per heavy atom. The van der Waals surface area contributed by atoms with Gasteiger partial charge >= 0.3 is 5.97 Å². The second-order valence-corrected chi connectivity index (χ2v) is 7.25. The molecule has 0 aliphatic heterocycles. The number of nitrogens with one attached hydrogen (secondary N) is 2. The molecule has 1 aromatic heterocycles. The zero-order chi connectivity index (χ0) is 18.9. The topological polar surface area (TPSA) is 108 Å². The maximum Gasteiger partial charge on any atom is 0.355 e. The van der Waals surface area contributed by atoms with Gasteiger partial charge in [-0.15, -0.1) is 11.3 Å². The van der Waals surface area contributed by atoms with Crippen molar-refractivity contribution in [3.05, 3.63) is 52.0 Å². The number of carbonyl (C=O) groups is 3. The first-order chi connectivity index (χ1) is 12.5. The number of hydrogen-bond donors (Lipinski definition) is 3. The molecule has 0 spiro atoms. The standard InChI is InChI=1S/C17H19N3O4S2/c1-25-8-7-12(20-15(21)11-5-3-2-4-6-11)16(22)18-9-14-19-13(10-26-14)17(23)24/h2-6,10,12H,7-9H2,1H3,(H,18,22)(H,20,21)(H,23,24). The van der Waals surface area contributed by atoms with Crippen LogP contribution < -0.4 is 10.6 Å². The summed E-state index contributed by atoms with van der Waals surface area (Å²) >= 11 is 2.75. The molecule has 0 fully saturated rings. The van der Waals surface area contributed by atoms with Crippen molar-refractivity contribution in [3.63, 3.8) is 0 Å². The van der Waals surface area contributed by atoms with Crippen molar-refractivity contribution < 1.29 is 19.5 Å². The van der Waals surface area contributed by atoms with Crippen LogP contribution in [0.2, 0.25) is 0 Å². The van der Waals surface area contributed by atoms with Crippen LogP contribution in [0.15, 0.2) is 35.7 Å². The van der Waals surface area contributed by atoms with Crippen LogP contribution in [0.25, 0.3) is 0 Å². The first-order valence-corrected chi connectivity index (χ1v) is 10.1. The number of hydrogen-bond acceptors (Lipinski definition) is 6. The Kier molecular flexibility index (Phi) is 7.61. The summed E-state index contributed by atoms with van der Waals surface area (Å²) in [6, 6.07) is 8.02. The lowest BCUT2D eigenvalue weighted by Gasteiger charge is -2.18. The van der Waals surface area contributed by atoms with Crippen molar-refractivity contribution in [2.45, 2.75) is 19.0 Å². The zero-order valence-electron chi connectivity index (χ0n) is 14.1. The van der Waals surface area contributed by atoms with Crippen LogP contribution in [0.4, 0.5) is 0 Å². The molecular weight excluding hydrogens is 374 g/mol. The molecule has 1 unspecified atom stereocenters. The van der Waals surface area contributed by atoms with Crippen molar-refractivity contribution in [1.29, 1.82) is 0 Å². The largest absolute Gasteiger partial charge is 0.476 e. The molecule has 1 atom stereocenters. The molecule has 2 rings (SSSR count). The summed E-state index contributed by atoms with van der Waals surface area (Å²) < 4.78 is 0. The monoisotopic (exact) mass is 393 g/mol. The number of carboxylic acids is 1. The number of thioether (sulfide) groups is 1. The molecule has 2 aromatic rings. The van der Waals surface area contributed by atoms with Gasteiger partial charge in [0, 0.05) is 10.9 Å². The molecule has 0 aliphatic rings. The fourth-order valence-corrected chi connectivity index (χ4v) is 3.29. The Hall–Kier alpha value is -2.39. The molecule has 2 amide bonds. The van der Waals surface area contributed by atoms with E-state index in [0.717, 1.165) is 11.3 Å². The van der Waals surface area contributed by atoms with Gasteiger partial charge in [-0.3, -0.25) is 9.59 Å². The maximum absolute atomic E-state index is 12.5. The van der Waals surface area contributed by atoms with Crippen LogP contribution >= 0.6 is 23.1 Å². The van der Waals surface area contributed by atoms with Gasteiger partial charge in [-0.05, 0) is 30.6 Å². The average Bonchev–Trinajstić information content (AvgIpc) is 3.13. The number of nitrogens with zero attached hydrogens (tertiary/aromatic N) is 1. The summed E-state index contributed by atoms with van der Waals surface area (Å²) in [5.41, 5.74) is 0.441.